The Morgan fingerprint density at radius 1 is 1.52 bits per heavy atom. The van der Waals surface area contributed by atoms with Crippen LogP contribution in [0.5, 0.6) is 0 Å². The summed E-state index contributed by atoms with van der Waals surface area (Å²) in [7, 11) is 4.33. The van der Waals surface area contributed by atoms with E-state index in [1.807, 2.05) is 0 Å². The van der Waals surface area contributed by atoms with E-state index in [1.54, 1.807) is 6.07 Å². The number of hydrogen-bond donors (Lipinski definition) is 1. The lowest BCUT2D eigenvalue weighted by molar-refractivity contribution is 0.228. The first-order valence-electron chi connectivity index (χ1n) is 7.70. The maximum absolute atomic E-state index is 12.9. The van der Waals surface area contributed by atoms with Crippen LogP contribution < -0.4 is 5.73 Å². The summed E-state index contributed by atoms with van der Waals surface area (Å²) >= 11 is 0. The average Bonchev–Trinajstić information content (AvgIpc) is 2.83. The van der Waals surface area contributed by atoms with Gasteiger partial charge in [-0.1, -0.05) is 6.92 Å². The summed E-state index contributed by atoms with van der Waals surface area (Å²) < 4.78 is 12.9. The van der Waals surface area contributed by atoms with Crippen LogP contribution in [0, 0.1) is 17.7 Å². The first-order chi connectivity index (χ1) is 9.95. The third kappa shape index (κ3) is 4.73. The van der Waals surface area contributed by atoms with Crippen molar-refractivity contribution in [2.75, 3.05) is 40.3 Å². The Balaban J connectivity index is 1.82. The van der Waals surface area contributed by atoms with Gasteiger partial charge in [-0.25, -0.2) is 4.39 Å². The first-order valence-corrected chi connectivity index (χ1v) is 7.70. The van der Waals surface area contributed by atoms with Gasteiger partial charge in [-0.15, -0.1) is 0 Å². The number of halogens is 1. The number of nitrogens with zero attached hydrogens (tertiary/aromatic N) is 3. The quantitative estimate of drug-likeness (QED) is 0.868. The number of nitrogens with two attached hydrogens (primary N) is 1. The van der Waals surface area contributed by atoms with Gasteiger partial charge >= 0.3 is 0 Å². The van der Waals surface area contributed by atoms with Gasteiger partial charge < -0.3 is 15.5 Å². The highest BCUT2D eigenvalue weighted by molar-refractivity contribution is 5.10. The van der Waals surface area contributed by atoms with Crippen molar-refractivity contribution in [3.63, 3.8) is 0 Å². The molecule has 21 heavy (non-hydrogen) atoms. The molecule has 3 unspecified atom stereocenters. The molecule has 0 radical (unpaired) electrons. The highest BCUT2D eigenvalue weighted by Crippen LogP contribution is 2.20. The lowest BCUT2D eigenvalue weighted by Crippen LogP contribution is -2.35. The van der Waals surface area contributed by atoms with E-state index in [0.29, 0.717) is 0 Å². The van der Waals surface area contributed by atoms with E-state index in [1.165, 1.54) is 31.8 Å². The Morgan fingerprint density at radius 2 is 2.29 bits per heavy atom. The van der Waals surface area contributed by atoms with Gasteiger partial charge in [-0.05, 0) is 51.0 Å². The fraction of sp³-hybridized carbons (Fsp3) is 0.688. The van der Waals surface area contributed by atoms with E-state index in [-0.39, 0.29) is 17.8 Å². The van der Waals surface area contributed by atoms with Crippen LogP contribution in [0.15, 0.2) is 18.3 Å². The van der Waals surface area contributed by atoms with Crippen LogP contribution in [0.4, 0.5) is 4.39 Å². The van der Waals surface area contributed by atoms with E-state index in [4.69, 9.17) is 5.73 Å². The highest BCUT2D eigenvalue weighted by Gasteiger charge is 2.23. The Labute approximate surface area is 127 Å². The van der Waals surface area contributed by atoms with Crippen LogP contribution in [0.25, 0.3) is 0 Å². The zero-order valence-corrected chi connectivity index (χ0v) is 13.3. The minimum Gasteiger partial charge on any atom is -0.322 e. The van der Waals surface area contributed by atoms with Crippen molar-refractivity contribution in [1.29, 1.82) is 0 Å². The van der Waals surface area contributed by atoms with Crippen LogP contribution in [0.1, 0.15) is 25.1 Å². The second-order valence-electron chi connectivity index (χ2n) is 6.54. The Hall–Kier alpha value is -1.04. The van der Waals surface area contributed by atoms with Crippen molar-refractivity contribution in [2.45, 2.75) is 19.4 Å². The van der Waals surface area contributed by atoms with Crippen molar-refractivity contribution in [1.82, 2.24) is 14.8 Å². The topological polar surface area (TPSA) is 45.4 Å². The lowest BCUT2D eigenvalue weighted by Gasteiger charge is -2.27. The first kappa shape index (κ1) is 16.3. The van der Waals surface area contributed by atoms with E-state index >= 15 is 0 Å². The zero-order chi connectivity index (χ0) is 15.4. The van der Waals surface area contributed by atoms with Gasteiger partial charge in [0.15, 0.2) is 0 Å². The number of rotatable bonds is 6. The average molecular weight is 294 g/mol. The summed E-state index contributed by atoms with van der Waals surface area (Å²) in [6.45, 7) is 6.56. The molecule has 4 nitrogen and oxygen atoms in total. The molecule has 3 atom stereocenters. The number of pyridine rings is 1. The molecule has 118 valence electrons. The normalized spacial score (nSPS) is 22.7. The smallest absolute Gasteiger partial charge is 0.141 e. The molecule has 1 aliphatic rings. The van der Waals surface area contributed by atoms with Gasteiger partial charge in [-0.3, -0.25) is 4.98 Å². The van der Waals surface area contributed by atoms with Gasteiger partial charge in [-0.2, -0.15) is 0 Å². The molecule has 1 aromatic heterocycles. The summed E-state index contributed by atoms with van der Waals surface area (Å²) in [5.74, 6) is 0.723. The summed E-state index contributed by atoms with van der Waals surface area (Å²) in [5, 5.41) is 0. The Kier molecular flexibility index (Phi) is 5.67. The fourth-order valence-electron chi connectivity index (χ4n) is 3.17. The van der Waals surface area contributed by atoms with Crippen molar-refractivity contribution in [3.8, 4) is 0 Å². The van der Waals surface area contributed by atoms with Crippen LogP contribution in [0.3, 0.4) is 0 Å². The van der Waals surface area contributed by atoms with E-state index in [2.05, 4.69) is 35.8 Å². The van der Waals surface area contributed by atoms with Crippen molar-refractivity contribution in [3.05, 3.63) is 29.8 Å². The maximum Gasteiger partial charge on any atom is 0.141 e. The molecule has 2 heterocycles. The molecule has 0 aliphatic carbocycles. The predicted octanol–water partition coefficient (Wildman–Crippen LogP) is 1.74. The summed E-state index contributed by atoms with van der Waals surface area (Å²) in [5.41, 5.74) is 7.01. The summed E-state index contributed by atoms with van der Waals surface area (Å²) in [6.07, 6.45) is 2.51. The van der Waals surface area contributed by atoms with Crippen molar-refractivity contribution < 1.29 is 4.39 Å². The second-order valence-corrected chi connectivity index (χ2v) is 6.54. The molecule has 1 saturated heterocycles. The van der Waals surface area contributed by atoms with E-state index < -0.39 is 0 Å². The molecule has 5 heteroatoms. The van der Waals surface area contributed by atoms with Crippen LogP contribution in [0.2, 0.25) is 0 Å². The molecule has 0 amide bonds. The third-order valence-corrected chi connectivity index (χ3v) is 4.36. The van der Waals surface area contributed by atoms with Gasteiger partial charge in [0, 0.05) is 19.6 Å². The molecular formula is C16H27FN4. The molecule has 0 spiro atoms. The van der Waals surface area contributed by atoms with Crippen LogP contribution in [-0.4, -0.2) is 55.1 Å². The van der Waals surface area contributed by atoms with E-state index in [9.17, 15) is 4.39 Å². The Bertz CT molecular complexity index is 436. The second kappa shape index (κ2) is 7.29. The van der Waals surface area contributed by atoms with Crippen LogP contribution in [-0.2, 0) is 0 Å². The van der Waals surface area contributed by atoms with Gasteiger partial charge in [0.1, 0.15) is 5.82 Å². The van der Waals surface area contributed by atoms with Crippen molar-refractivity contribution in [2.24, 2.45) is 17.6 Å². The molecule has 1 fully saturated rings. The zero-order valence-electron chi connectivity index (χ0n) is 13.3. The third-order valence-electron chi connectivity index (χ3n) is 4.36. The maximum atomic E-state index is 12.9. The minimum atomic E-state index is -0.318. The highest BCUT2D eigenvalue weighted by atomic mass is 19.1. The largest absolute Gasteiger partial charge is 0.322 e. The molecule has 0 aromatic carbocycles. The Morgan fingerprint density at radius 3 is 2.86 bits per heavy atom. The SMILES string of the molecule is CC(CN(C)CC1CCN(C)C1)C(N)c1ccc(F)cn1. The molecular weight excluding hydrogens is 267 g/mol. The fourth-order valence-corrected chi connectivity index (χ4v) is 3.17. The monoisotopic (exact) mass is 294 g/mol. The molecule has 2 rings (SSSR count). The van der Waals surface area contributed by atoms with E-state index in [0.717, 1.165) is 24.7 Å². The number of hydrogen-bond acceptors (Lipinski definition) is 4. The molecule has 2 N–H and O–H groups in total. The number of aromatic nitrogens is 1. The number of likely N-dealkylation sites (tertiary alicyclic amines) is 1. The van der Waals surface area contributed by atoms with Gasteiger partial charge in [0.25, 0.3) is 0 Å². The molecule has 0 bridgehead atoms. The minimum absolute atomic E-state index is 0.153. The summed E-state index contributed by atoms with van der Waals surface area (Å²) in [4.78, 5) is 8.84. The van der Waals surface area contributed by atoms with Gasteiger partial charge in [0.2, 0.25) is 0 Å². The van der Waals surface area contributed by atoms with Gasteiger partial charge in [0.05, 0.1) is 17.9 Å². The molecule has 1 aromatic rings. The lowest BCUT2D eigenvalue weighted by atomic mass is 9.98. The molecule has 0 saturated carbocycles. The van der Waals surface area contributed by atoms with Crippen LogP contribution >= 0.6 is 0 Å². The molecule has 1 aliphatic heterocycles. The summed E-state index contributed by atoms with van der Waals surface area (Å²) in [6, 6.07) is 2.95. The predicted molar refractivity (Wildman–Crippen MR) is 83.4 cm³/mol. The van der Waals surface area contributed by atoms with Crippen molar-refractivity contribution >= 4 is 0 Å². The standard InChI is InChI=1S/C16H27FN4/c1-12(16(18)15-5-4-14(17)8-19-15)9-21(3)11-13-6-7-20(2)10-13/h4-5,8,12-13,16H,6-7,9-11,18H2,1-3H3.